The van der Waals surface area contributed by atoms with Gasteiger partial charge in [-0.3, -0.25) is 9.59 Å². The third kappa shape index (κ3) is 4.79. The summed E-state index contributed by atoms with van der Waals surface area (Å²) < 4.78 is 0. The van der Waals surface area contributed by atoms with Gasteiger partial charge in [-0.25, -0.2) is 0 Å². The van der Waals surface area contributed by atoms with Crippen LogP contribution < -0.4 is 11.1 Å². The molecule has 0 aliphatic heterocycles. The highest BCUT2D eigenvalue weighted by atomic mass is 16.2. The second-order valence-corrected chi connectivity index (χ2v) is 6.30. The summed E-state index contributed by atoms with van der Waals surface area (Å²) in [7, 11) is 0. The van der Waals surface area contributed by atoms with E-state index in [1.165, 1.54) is 0 Å². The van der Waals surface area contributed by atoms with E-state index in [0.717, 1.165) is 36.9 Å². The average Bonchev–Trinajstić information content (AvgIpc) is 2.53. The standard InChI is InChI=1S/C18H27N3O2/c1-3-21(13(2)22)12-15-7-4-5-10-17(15)20-18(23)14-8-6-9-16(19)11-14/h4-5,7,10,14,16H,3,6,8-9,11-12,19H2,1-2H3,(H,20,23). The second-order valence-electron chi connectivity index (χ2n) is 6.30. The van der Waals surface area contributed by atoms with Gasteiger partial charge in [0, 0.05) is 37.7 Å². The molecule has 1 saturated carbocycles. The Labute approximate surface area is 138 Å². The van der Waals surface area contributed by atoms with Gasteiger partial charge in [-0.1, -0.05) is 24.6 Å². The first-order valence-electron chi connectivity index (χ1n) is 8.41. The van der Waals surface area contributed by atoms with Crippen molar-refractivity contribution in [2.75, 3.05) is 11.9 Å². The minimum absolute atomic E-state index is 0.0121. The van der Waals surface area contributed by atoms with E-state index in [2.05, 4.69) is 5.32 Å². The minimum Gasteiger partial charge on any atom is -0.339 e. The molecular weight excluding hydrogens is 290 g/mol. The highest BCUT2D eigenvalue weighted by Gasteiger charge is 2.25. The topological polar surface area (TPSA) is 75.4 Å². The number of benzene rings is 1. The van der Waals surface area contributed by atoms with E-state index in [-0.39, 0.29) is 23.8 Å². The molecule has 1 aliphatic rings. The smallest absolute Gasteiger partial charge is 0.227 e. The van der Waals surface area contributed by atoms with Crippen molar-refractivity contribution >= 4 is 17.5 Å². The summed E-state index contributed by atoms with van der Waals surface area (Å²) in [4.78, 5) is 25.9. The predicted octanol–water partition coefficient (Wildman–Crippen LogP) is 2.51. The summed E-state index contributed by atoms with van der Waals surface area (Å²) in [6.45, 7) is 4.67. The number of nitrogens with two attached hydrogens (primary N) is 1. The molecule has 1 fully saturated rings. The first-order valence-corrected chi connectivity index (χ1v) is 8.41. The quantitative estimate of drug-likeness (QED) is 0.876. The van der Waals surface area contributed by atoms with Crippen molar-refractivity contribution in [3.63, 3.8) is 0 Å². The van der Waals surface area contributed by atoms with Crippen LogP contribution in [0.4, 0.5) is 5.69 Å². The maximum atomic E-state index is 12.5. The summed E-state index contributed by atoms with van der Waals surface area (Å²) >= 11 is 0. The lowest BCUT2D eigenvalue weighted by atomic mass is 9.85. The Morgan fingerprint density at radius 2 is 2.04 bits per heavy atom. The van der Waals surface area contributed by atoms with Gasteiger partial charge in [0.1, 0.15) is 0 Å². The molecule has 0 bridgehead atoms. The van der Waals surface area contributed by atoms with Crippen LogP contribution in [0.15, 0.2) is 24.3 Å². The second kappa shape index (κ2) is 8.11. The molecule has 23 heavy (non-hydrogen) atoms. The van der Waals surface area contributed by atoms with Gasteiger partial charge in [0.15, 0.2) is 0 Å². The molecule has 1 aliphatic carbocycles. The molecule has 126 valence electrons. The van der Waals surface area contributed by atoms with E-state index in [4.69, 9.17) is 5.73 Å². The van der Waals surface area contributed by atoms with Crippen LogP contribution in [0.2, 0.25) is 0 Å². The minimum atomic E-state index is -0.0121. The van der Waals surface area contributed by atoms with Crippen molar-refractivity contribution in [2.45, 2.75) is 52.1 Å². The average molecular weight is 317 g/mol. The number of rotatable bonds is 5. The molecule has 3 N–H and O–H groups in total. The van der Waals surface area contributed by atoms with E-state index in [1.54, 1.807) is 11.8 Å². The molecule has 0 spiro atoms. The molecule has 0 radical (unpaired) electrons. The maximum Gasteiger partial charge on any atom is 0.227 e. The first kappa shape index (κ1) is 17.5. The Morgan fingerprint density at radius 3 is 2.70 bits per heavy atom. The molecule has 0 heterocycles. The number of para-hydroxylation sites is 1. The van der Waals surface area contributed by atoms with Gasteiger partial charge in [-0.15, -0.1) is 0 Å². The fourth-order valence-electron chi connectivity index (χ4n) is 3.13. The number of anilines is 1. The van der Waals surface area contributed by atoms with Gasteiger partial charge >= 0.3 is 0 Å². The Morgan fingerprint density at radius 1 is 1.30 bits per heavy atom. The van der Waals surface area contributed by atoms with E-state index in [9.17, 15) is 9.59 Å². The molecule has 0 saturated heterocycles. The third-order valence-corrected chi connectivity index (χ3v) is 4.55. The zero-order chi connectivity index (χ0) is 16.8. The van der Waals surface area contributed by atoms with Crippen LogP contribution in [0.25, 0.3) is 0 Å². The van der Waals surface area contributed by atoms with Crippen LogP contribution in [0, 0.1) is 5.92 Å². The number of carbonyl (C=O) groups is 2. The molecule has 2 unspecified atom stereocenters. The van der Waals surface area contributed by atoms with Crippen LogP contribution in [0.1, 0.15) is 45.1 Å². The van der Waals surface area contributed by atoms with E-state index >= 15 is 0 Å². The summed E-state index contributed by atoms with van der Waals surface area (Å²) in [6, 6.07) is 7.80. The van der Waals surface area contributed by atoms with E-state index in [0.29, 0.717) is 13.1 Å². The largest absolute Gasteiger partial charge is 0.339 e. The lowest BCUT2D eigenvalue weighted by molar-refractivity contribution is -0.129. The lowest BCUT2D eigenvalue weighted by Gasteiger charge is -2.26. The Bertz CT molecular complexity index is 559. The molecule has 5 nitrogen and oxygen atoms in total. The SMILES string of the molecule is CCN(Cc1ccccc1NC(=O)C1CCCC(N)C1)C(C)=O. The fraction of sp³-hybridized carbons (Fsp3) is 0.556. The van der Waals surface area contributed by atoms with Gasteiger partial charge in [0.05, 0.1) is 0 Å². The zero-order valence-corrected chi connectivity index (χ0v) is 14.0. The maximum absolute atomic E-state index is 12.5. The number of nitrogens with one attached hydrogen (secondary N) is 1. The number of hydrogen-bond donors (Lipinski definition) is 2. The molecule has 5 heteroatoms. The highest BCUT2D eigenvalue weighted by molar-refractivity contribution is 5.93. The van der Waals surface area contributed by atoms with Gasteiger partial charge < -0.3 is 16.0 Å². The van der Waals surface area contributed by atoms with Crippen molar-refractivity contribution in [3.8, 4) is 0 Å². The molecular formula is C18H27N3O2. The number of carbonyl (C=O) groups excluding carboxylic acids is 2. The summed E-state index contributed by atoms with van der Waals surface area (Å²) in [5.74, 6) is 0.0623. The first-order chi connectivity index (χ1) is 11.0. The van der Waals surface area contributed by atoms with Crippen molar-refractivity contribution < 1.29 is 9.59 Å². The normalized spacial score (nSPS) is 20.8. The van der Waals surface area contributed by atoms with Crippen molar-refractivity contribution in [1.29, 1.82) is 0 Å². The number of amides is 2. The monoisotopic (exact) mass is 317 g/mol. The van der Waals surface area contributed by atoms with Gasteiger partial charge in [0.25, 0.3) is 0 Å². The van der Waals surface area contributed by atoms with Gasteiger partial charge in [0.2, 0.25) is 11.8 Å². The number of nitrogens with zero attached hydrogens (tertiary/aromatic N) is 1. The summed E-state index contributed by atoms with van der Waals surface area (Å²) in [5.41, 5.74) is 7.72. The van der Waals surface area contributed by atoms with Gasteiger partial charge in [-0.05, 0) is 37.8 Å². The van der Waals surface area contributed by atoms with E-state index in [1.807, 2.05) is 31.2 Å². The van der Waals surface area contributed by atoms with Crippen LogP contribution in [0.5, 0.6) is 0 Å². The molecule has 2 rings (SSSR count). The highest BCUT2D eigenvalue weighted by Crippen LogP contribution is 2.25. The molecule has 1 aromatic carbocycles. The van der Waals surface area contributed by atoms with Crippen LogP contribution >= 0.6 is 0 Å². The van der Waals surface area contributed by atoms with Crippen molar-refractivity contribution in [2.24, 2.45) is 11.7 Å². The van der Waals surface area contributed by atoms with Gasteiger partial charge in [-0.2, -0.15) is 0 Å². The summed E-state index contributed by atoms with van der Waals surface area (Å²) in [5, 5.41) is 3.04. The zero-order valence-electron chi connectivity index (χ0n) is 14.0. The van der Waals surface area contributed by atoms with Crippen LogP contribution in [0.3, 0.4) is 0 Å². The molecule has 1 aromatic rings. The van der Waals surface area contributed by atoms with Crippen molar-refractivity contribution in [3.05, 3.63) is 29.8 Å². The van der Waals surface area contributed by atoms with Crippen LogP contribution in [-0.2, 0) is 16.1 Å². The Balaban J connectivity index is 2.07. The van der Waals surface area contributed by atoms with Crippen molar-refractivity contribution in [1.82, 2.24) is 4.90 Å². The third-order valence-electron chi connectivity index (χ3n) is 4.55. The predicted molar refractivity (Wildman–Crippen MR) is 91.8 cm³/mol. The molecule has 2 atom stereocenters. The Hall–Kier alpha value is -1.88. The lowest BCUT2D eigenvalue weighted by Crippen LogP contribution is -2.34. The number of hydrogen-bond acceptors (Lipinski definition) is 3. The molecule has 2 amide bonds. The Kier molecular flexibility index (Phi) is 6.16. The van der Waals surface area contributed by atoms with E-state index < -0.39 is 0 Å². The van der Waals surface area contributed by atoms with Crippen LogP contribution in [-0.4, -0.2) is 29.3 Å². The summed E-state index contributed by atoms with van der Waals surface area (Å²) in [6.07, 6.45) is 3.66. The molecule has 0 aromatic heterocycles. The fourth-order valence-corrected chi connectivity index (χ4v) is 3.13.